The number of hydrogen-bond acceptors (Lipinski definition) is 5. The number of H-pyrrole nitrogens is 1. The molecule has 6 heteroatoms. The molecule has 4 heterocycles. The van der Waals surface area contributed by atoms with Crippen LogP contribution < -0.4 is 0 Å². The van der Waals surface area contributed by atoms with E-state index in [1.807, 2.05) is 18.3 Å². The van der Waals surface area contributed by atoms with Crippen molar-refractivity contribution in [3.63, 3.8) is 0 Å². The lowest BCUT2D eigenvalue weighted by molar-refractivity contribution is -0.0117. The number of piperidine rings is 1. The maximum atomic E-state index is 6.23. The molecule has 112 valence electrons. The molecule has 0 saturated carbocycles. The van der Waals surface area contributed by atoms with Gasteiger partial charge in [0.15, 0.2) is 5.82 Å². The van der Waals surface area contributed by atoms with Crippen molar-refractivity contribution in [3.05, 3.63) is 34.0 Å². The summed E-state index contributed by atoms with van der Waals surface area (Å²) in [7, 11) is 0. The zero-order chi connectivity index (χ0) is 14.2. The van der Waals surface area contributed by atoms with Gasteiger partial charge in [0.25, 0.3) is 0 Å². The monoisotopic (exact) mass is 304 g/mol. The number of fused-ring (bicyclic) bond motifs is 1. The van der Waals surface area contributed by atoms with Gasteiger partial charge in [0, 0.05) is 18.0 Å². The van der Waals surface area contributed by atoms with E-state index in [2.05, 4.69) is 37.6 Å². The Kier molecular flexibility index (Phi) is 3.52. The van der Waals surface area contributed by atoms with Gasteiger partial charge in [-0.25, -0.2) is 4.98 Å². The van der Waals surface area contributed by atoms with Gasteiger partial charge in [0.2, 0.25) is 0 Å². The lowest BCUT2D eigenvalue weighted by Crippen LogP contribution is -2.41. The second-order valence-corrected chi connectivity index (χ2v) is 7.07. The molecule has 0 aromatic carbocycles. The first-order valence-corrected chi connectivity index (χ1v) is 8.45. The molecule has 3 atom stereocenters. The third kappa shape index (κ3) is 2.75. The Morgan fingerprint density at radius 2 is 2.48 bits per heavy atom. The molecule has 0 aliphatic carbocycles. The van der Waals surface area contributed by atoms with Crippen molar-refractivity contribution in [2.75, 3.05) is 13.1 Å². The second kappa shape index (κ2) is 5.51. The average Bonchev–Trinajstić information content (AvgIpc) is 3.18. The zero-order valence-electron chi connectivity index (χ0n) is 12.2. The zero-order valence-corrected chi connectivity index (χ0v) is 13.0. The number of aromatic nitrogens is 3. The van der Waals surface area contributed by atoms with Crippen LogP contribution >= 0.6 is 11.3 Å². The first-order valence-electron chi connectivity index (χ1n) is 7.57. The molecule has 0 unspecified atom stereocenters. The minimum absolute atomic E-state index is 0.0756. The predicted molar refractivity (Wildman–Crippen MR) is 81.1 cm³/mol. The topological polar surface area (TPSA) is 54.0 Å². The van der Waals surface area contributed by atoms with E-state index >= 15 is 0 Å². The number of thiophene rings is 1. The standard InChI is InChI=1S/C15H20N4OS/c1-10-16-15(18-17-10)13-7-11-4-5-19(9-14(11)20-13)8-12-3-2-6-21-12/h2-3,6,11,13-14H,4-5,7-9H2,1H3,(H,16,17,18)/t11-,13+,14+/m1/s1. The molecule has 2 aromatic heterocycles. The van der Waals surface area contributed by atoms with Crippen molar-refractivity contribution in [1.29, 1.82) is 0 Å². The number of nitrogens with one attached hydrogen (secondary N) is 1. The summed E-state index contributed by atoms with van der Waals surface area (Å²) in [5.41, 5.74) is 0. The van der Waals surface area contributed by atoms with Gasteiger partial charge in [0.05, 0.1) is 6.10 Å². The number of rotatable bonds is 3. The van der Waals surface area contributed by atoms with Crippen molar-refractivity contribution in [1.82, 2.24) is 20.1 Å². The van der Waals surface area contributed by atoms with Gasteiger partial charge in [-0.05, 0) is 43.7 Å². The van der Waals surface area contributed by atoms with Crippen molar-refractivity contribution in [2.45, 2.75) is 38.5 Å². The largest absolute Gasteiger partial charge is 0.365 e. The fraction of sp³-hybridized carbons (Fsp3) is 0.600. The number of aryl methyl sites for hydroxylation is 1. The smallest absolute Gasteiger partial charge is 0.179 e. The van der Waals surface area contributed by atoms with Gasteiger partial charge < -0.3 is 4.74 Å². The van der Waals surface area contributed by atoms with E-state index in [9.17, 15) is 0 Å². The highest BCUT2D eigenvalue weighted by Gasteiger charge is 2.40. The highest BCUT2D eigenvalue weighted by molar-refractivity contribution is 7.09. The normalized spacial score (nSPS) is 29.7. The van der Waals surface area contributed by atoms with Gasteiger partial charge in [-0.15, -0.1) is 11.3 Å². The Bertz CT molecular complexity index is 597. The molecule has 21 heavy (non-hydrogen) atoms. The van der Waals surface area contributed by atoms with Crippen LogP contribution in [0.25, 0.3) is 0 Å². The van der Waals surface area contributed by atoms with Crippen LogP contribution in [0.3, 0.4) is 0 Å². The van der Waals surface area contributed by atoms with Crippen molar-refractivity contribution in [2.24, 2.45) is 5.92 Å². The lowest BCUT2D eigenvalue weighted by Gasteiger charge is -2.33. The van der Waals surface area contributed by atoms with Crippen molar-refractivity contribution < 1.29 is 4.74 Å². The fourth-order valence-corrected chi connectivity index (χ4v) is 4.18. The number of likely N-dealkylation sites (tertiary alicyclic amines) is 1. The number of nitrogens with zero attached hydrogens (tertiary/aromatic N) is 3. The second-order valence-electron chi connectivity index (χ2n) is 6.04. The predicted octanol–water partition coefficient (Wildman–Crippen LogP) is 2.53. The molecule has 2 fully saturated rings. The first-order chi connectivity index (χ1) is 10.3. The van der Waals surface area contributed by atoms with Crippen LogP contribution in [-0.2, 0) is 11.3 Å². The van der Waals surface area contributed by atoms with Gasteiger partial charge in [0.1, 0.15) is 11.9 Å². The van der Waals surface area contributed by atoms with Gasteiger partial charge in [-0.3, -0.25) is 10.00 Å². The van der Waals surface area contributed by atoms with Crippen LogP contribution in [0, 0.1) is 12.8 Å². The van der Waals surface area contributed by atoms with Gasteiger partial charge >= 0.3 is 0 Å². The molecule has 4 rings (SSSR count). The highest BCUT2D eigenvalue weighted by Crippen LogP contribution is 2.40. The number of aromatic amines is 1. The van der Waals surface area contributed by atoms with Crippen LogP contribution in [0.15, 0.2) is 17.5 Å². The number of ether oxygens (including phenoxy) is 1. The maximum Gasteiger partial charge on any atom is 0.179 e. The van der Waals surface area contributed by atoms with Crippen LogP contribution in [0.5, 0.6) is 0 Å². The van der Waals surface area contributed by atoms with Crippen LogP contribution in [-0.4, -0.2) is 39.3 Å². The van der Waals surface area contributed by atoms with E-state index < -0.39 is 0 Å². The number of hydrogen-bond donors (Lipinski definition) is 1. The average molecular weight is 304 g/mol. The molecule has 2 aromatic rings. The minimum atomic E-state index is 0.0756. The Morgan fingerprint density at radius 3 is 3.24 bits per heavy atom. The molecule has 2 saturated heterocycles. The first kappa shape index (κ1) is 13.4. The summed E-state index contributed by atoms with van der Waals surface area (Å²) in [5.74, 6) is 2.35. The molecule has 0 amide bonds. The van der Waals surface area contributed by atoms with Gasteiger partial charge in [-0.1, -0.05) is 6.07 Å². The maximum absolute atomic E-state index is 6.23. The fourth-order valence-electron chi connectivity index (χ4n) is 3.43. The van der Waals surface area contributed by atoms with Gasteiger partial charge in [-0.2, -0.15) is 5.10 Å². The third-order valence-corrected chi connectivity index (χ3v) is 5.36. The summed E-state index contributed by atoms with van der Waals surface area (Å²) in [6, 6.07) is 4.34. The summed E-state index contributed by atoms with van der Waals surface area (Å²) in [5, 5.41) is 9.33. The SMILES string of the molecule is Cc1nc([C@@H]2C[C@H]3CCN(Cc4cccs4)C[C@@H]3O2)n[nH]1. The van der Waals surface area contributed by atoms with Crippen molar-refractivity contribution in [3.8, 4) is 0 Å². The Morgan fingerprint density at radius 1 is 1.52 bits per heavy atom. The molecular formula is C15H20N4OS. The van der Waals surface area contributed by atoms with Crippen LogP contribution in [0.4, 0.5) is 0 Å². The summed E-state index contributed by atoms with van der Waals surface area (Å²) in [6.45, 7) is 5.18. The molecule has 1 N–H and O–H groups in total. The lowest BCUT2D eigenvalue weighted by atomic mass is 9.91. The summed E-state index contributed by atoms with van der Waals surface area (Å²) >= 11 is 1.84. The van der Waals surface area contributed by atoms with E-state index in [-0.39, 0.29) is 6.10 Å². The molecule has 5 nitrogen and oxygen atoms in total. The quantitative estimate of drug-likeness (QED) is 0.947. The van der Waals surface area contributed by atoms with E-state index in [4.69, 9.17) is 4.74 Å². The van der Waals surface area contributed by atoms with E-state index in [0.717, 1.165) is 31.2 Å². The molecule has 2 aliphatic heterocycles. The van der Waals surface area contributed by atoms with Crippen LogP contribution in [0.1, 0.15) is 35.5 Å². The minimum Gasteiger partial charge on any atom is -0.365 e. The molecular weight excluding hydrogens is 284 g/mol. The molecule has 0 bridgehead atoms. The van der Waals surface area contributed by atoms with E-state index in [0.29, 0.717) is 12.0 Å². The molecule has 0 spiro atoms. The highest BCUT2D eigenvalue weighted by atomic mass is 32.1. The third-order valence-electron chi connectivity index (χ3n) is 4.50. The van der Waals surface area contributed by atoms with E-state index in [1.165, 1.54) is 17.8 Å². The summed E-state index contributed by atoms with van der Waals surface area (Å²) in [6.07, 6.45) is 2.69. The van der Waals surface area contributed by atoms with Crippen LogP contribution in [0.2, 0.25) is 0 Å². The summed E-state index contributed by atoms with van der Waals surface area (Å²) < 4.78 is 6.23. The Hall–Kier alpha value is -1.24. The molecule has 0 radical (unpaired) electrons. The van der Waals surface area contributed by atoms with E-state index in [1.54, 1.807) is 0 Å². The summed E-state index contributed by atoms with van der Waals surface area (Å²) in [4.78, 5) is 8.38. The molecule has 2 aliphatic rings. The Balaban J connectivity index is 1.40. The Labute approximate surface area is 128 Å². The van der Waals surface area contributed by atoms with Crippen molar-refractivity contribution >= 4 is 11.3 Å².